The molecule has 136 valence electrons. The van der Waals surface area contributed by atoms with Crippen molar-refractivity contribution in [1.29, 1.82) is 0 Å². The number of nitrogens with one attached hydrogen (secondary N) is 1. The SMILES string of the molecule is COc1ccc(Cl)cc1NC(=O)c1ccn(Cn2nc(C)c(Br)c2C)n1. The standard InChI is InChI=1S/C17H17BrClN5O2/c1-10-16(18)11(2)24(21-10)9-23-7-6-13(22-23)17(25)20-14-8-12(19)4-5-15(14)26-3/h4-8H,9H2,1-3H3,(H,20,25). The third-order valence-corrected chi connectivity index (χ3v) is 5.24. The van der Waals surface area contributed by atoms with Crippen LogP contribution in [0.4, 0.5) is 5.69 Å². The van der Waals surface area contributed by atoms with Gasteiger partial charge >= 0.3 is 0 Å². The Morgan fingerprint density at radius 3 is 2.73 bits per heavy atom. The first-order valence-corrected chi connectivity index (χ1v) is 8.94. The van der Waals surface area contributed by atoms with Gasteiger partial charge in [0.1, 0.15) is 12.4 Å². The zero-order valence-electron chi connectivity index (χ0n) is 14.5. The Labute approximate surface area is 164 Å². The maximum atomic E-state index is 12.5. The summed E-state index contributed by atoms with van der Waals surface area (Å²) in [5.74, 6) is 0.175. The Bertz CT molecular complexity index is 966. The highest BCUT2D eigenvalue weighted by molar-refractivity contribution is 9.10. The lowest BCUT2D eigenvalue weighted by Crippen LogP contribution is -2.16. The molecule has 1 aromatic carbocycles. The minimum Gasteiger partial charge on any atom is -0.495 e. The van der Waals surface area contributed by atoms with E-state index >= 15 is 0 Å². The van der Waals surface area contributed by atoms with E-state index in [1.54, 1.807) is 35.1 Å². The van der Waals surface area contributed by atoms with Crippen LogP contribution in [0.15, 0.2) is 34.9 Å². The largest absolute Gasteiger partial charge is 0.495 e. The van der Waals surface area contributed by atoms with Crippen LogP contribution in [0.1, 0.15) is 21.9 Å². The molecule has 0 bridgehead atoms. The maximum absolute atomic E-state index is 12.5. The highest BCUT2D eigenvalue weighted by Crippen LogP contribution is 2.28. The number of amides is 1. The molecule has 0 atom stereocenters. The van der Waals surface area contributed by atoms with E-state index in [1.165, 1.54) is 7.11 Å². The second-order valence-electron chi connectivity index (χ2n) is 5.66. The van der Waals surface area contributed by atoms with Gasteiger partial charge in [-0.1, -0.05) is 11.6 Å². The summed E-state index contributed by atoms with van der Waals surface area (Å²) in [7, 11) is 1.53. The highest BCUT2D eigenvalue weighted by Gasteiger charge is 2.14. The fourth-order valence-corrected chi connectivity index (χ4v) is 2.93. The number of aryl methyl sites for hydroxylation is 1. The van der Waals surface area contributed by atoms with E-state index in [0.717, 1.165) is 15.9 Å². The molecule has 9 heteroatoms. The molecule has 1 amide bonds. The van der Waals surface area contributed by atoms with Gasteiger partial charge in [-0.05, 0) is 54.0 Å². The van der Waals surface area contributed by atoms with Gasteiger partial charge in [0, 0.05) is 11.2 Å². The van der Waals surface area contributed by atoms with E-state index in [-0.39, 0.29) is 11.6 Å². The summed E-state index contributed by atoms with van der Waals surface area (Å²) >= 11 is 9.49. The summed E-state index contributed by atoms with van der Waals surface area (Å²) in [4.78, 5) is 12.5. The van der Waals surface area contributed by atoms with Crippen molar-refractivity contribution in [3.05, 3.63) is 57.0 Å². The van der Waals surface area contributed by atoms with Crippen LogP contribution >= 0.6 is 27.5 Å². The molecular weight excluding hydrogens is 422 g/mol. The Morgan fingerprint density at radius 2 is 2.08 bits per heavy atom. The van der Waals surface area contributed by atoms with E-state index in [1.807, 2.05) is 18.5 Å². The first-order valence-electron chi connectivity index (χ1n) is 7.77. The summed E-state index contributed by atoms with van der Waals surface area (Å²) in [6.07, 6.45) is 1.73. The van der Waals surface area contributed by atoms with Crippen LogP contribution in [0.3, 0.4) is 0 Å². The Balaban J connectivity index is 1.76. The lowest BCUT2D eigenvalue weighted by atomic mass is 10.2. The van der Waals surface area contributed by atoms with Crippen LogP contribution in [0.2, 0.25) is 5.02 Å². The Hall–Kier alpha value is -2.32. The quantitative estimate of drug-likeness (QED) is 0.656. The van der Waals surface area contributed by atoms with Gasteiger partial charge in [-0.2, -0.15) is 10.2 Å². The predicted octanol–water partition coefficient (Wildman–Crippen LogP) is 3.88. The topological polar surface area (TPSA) is 74.0 Å². The summed E-state index contributed by atoms with van der Waals surface area (Å²) < 4.78 is 9.66. The van der Waals surface area contributed by atoms with Crippen LogP contribution in [0.5, 0.6) is 5.75 Å². The third kappa shape index (κ3) is 3.76. The molecule has 2 heterocycles. The number of aromatic nitrogens is 4. The number of carbonyl (C=O) groups excluding carboxylic acids is 1. The lowest BCUT2D eigenvalue weighted by molar-refractivity contribution is 0.102. The van der Waals surface area contributed by atoms with Crippen molar-refractivity contribution in [2.75, 3.05) is 12.4 Å². The number of rotatable bonds is 5. The van der Waals surface area contributed by atoms with Crippen molar-refractivity contribution in [2.24, 2.45) is 0 Å². The predicted molar refractivity (Wildman–Crippen MR) is 103 cm³/mol. The third-order valence-electron chi connectivity index (χ3n) is 3.86. The molecule has 0 aliphatic carbocycles. The van der Waals surface area contributed by atoms with E-state index in [9.17, 15) is 4.79 Å². The van der Waals surface area contributed by atoms with E-state index < -0.39 is 0 Å². The van der Waals surface area contributed by atoms with Gasteiger partial charge in [-0.3, -0.25) is 9.48 Å². The van der Waals surface area contributed by atoms with Crippen molar-refractivity contribution in [2.45, 2.75) is 20.5 Å². The van der Waals surface area contributed by atoms with Crippen LogP contribution in [-0.2, 0) is 6.67 Å². The molecule has 0 unspecified atom stereocenters. The molecule has 2 aromatic heterocycles. The smallest absolute Gasteiger partial charge is 0.276 e. The number of ether oxygens (including phenoxy) is 1. The van der Waals surface area contributed by atoms with Crippen molar-refractivity contribution >= 4 is 39.1 Å². The minimum absolute atomic E-state index is 0.285. The van der Waals surface area contributed by atoms with Gasteiger partial charge in [0.05, 0.1) is 28.7 Å². The van der Waals surface area contributed by atoms with Crippen LogP contribution in [0.25, 0.3) is 0 Å². The number of halogens is 2. The molecule has 0 aliphatic heterocycles. The first-order chi connectivity index (χ1) is 12.4. The van der Waals surface area contributed by atoms with Gasteiger partial charge < -0.3 is 10.1 Å². The second-order valence-corrected chi connectivity index (χ2v) is 6.89. The average molecular weight is 439 g/mol. The fourth-order valence-electron chi connectivity index (χ4n) is 2.48. The van der Waals surface area contributed by atoms with Crippen LogP contribution in [-0.4, -0.2) is 32.6 Å². The number of benzene rings is 1. The number of hydrogen-bond acceptors (Lipinski definition) is 4. The maximum Gasteiger partial charge on any atom is 0.276 e. The number of methoxy groups -OCH3 is 1. The second kappa shape index (κ2) is 7.51. The monoisotopic (exact) mass is 437 g/mol. The van der Waals surface area contributed by atoms with Crippen LogP contribution in [0, 0.1) is 13.8 Å². The minimum atomic E-state index is -0.348. The summed E-state index contributed by atoms with van der Waals surface area (Å²) in [6.45, 7) is 4.30. The zero-order valence-corrected chi connectivity index (χ0v) is 16.8. The molecule has 3 rings (SSSR count). The molecule has 0 aliphatic rings. The average Bonchev–Trinajstić information content (AvgIpc) is 3.17. The van der Waals surface area contributed by atoms with Crippen molar-refractivity contribution in [1.82, 2.24) is 19.6 Å². The van der Waals surface area contributed by atoms with Gasteiger partial charge in [-0.15, -0.1) is 0 Å². The molecule has 0 fully saturated rings. The highest BCUT2D eigenvalue weighted by atomic mass is 79.9. The van der Waals surface area contributed by atoms with E-state index in [2.05, 4.69) is 31.4 Å². The van der Waals surface area contributed by atoms with E-state index in [4.69, 9.17) is 16.3 Å². The fraction of sp³-hybridized carbons (Fsp3) is 0.235. The van der Waals surface area contributed by atoms with Crippen LogP contribution < -0.4 is 10.1 Å². The van der Waals surface area contributed by atoms with Gasteiger partial charge in [0.15, 0.2) is 5.69 Å². The molecule has 26 heavy (non-hydrogen) atoms. The molecule has 1 N–H and O–H groups in total. The van der Waals surface area contributed by atoms with Crippen molar-refractivity contribution in [3.8, 4) is 5.75 Å². The number of carbonyl (C=O) groups is 1. The molecule has 0 spiro atoms. The molecule has 0 saturated carbocycles. The first kappa shape index (κ1) is 18.5. The van der Waals surface area contributed by atoms with Crippen molar-refractivity contribution < 1.29 is 9.53 Å². The Morgan fingerprint density at radius 1 is 1.31 bits per heavy atom. The van der Waals surface area contributed by atoms with Gasteiger partial charge in [0.2, 0.25) is 0 Å². The van der Waals surface area contributed by atoms with Crippen molar-refractivity contribution in [3.63, 3.8) is 0 Å². The lowest BCUT2D eigenvalue weighted by Gasteiger charge is -2.09. The summed E-state index contributed by atoms with van der Waals surface area (Å²) in [6, 6.07) is 6.66. The summed E-state index contributed by atoms with van der Waals surface area (Å²) in [5, 5.41) is 12.0. The normalized spacial score (nSPS) is 10.8. The Kier molecular flexibility index (Phi) is 5.33. The summed E-state index contributed by atoms with van der Waals surface area (Å²) in [5.41, 5.74) is 2.67. The molecule has 3 aromatic rings. The zero-order chi connectivity index (χ0) is 18.8. The molecule has 7 nitrogen and oxygen atoms in total. The number of nitrogens with zero attached hydrogens (tertiary/aromatic N) is 4. The molecule has 0 radical (unpaired) electrons. The number of hydrogen-bond donors (Lipinski definition) is 1. The van der Waals surface area contributed by atoms with Gasteiger partial charge in [-0.25, -0.2) is 4.68 Å². The molecular formula is C17H17BrClN5O2. The molecule has 0 saturated heterocycles. The van der Waals surface area contributed by atoms with Gasteiger partial charge in [0.25, 0.3) is 5.91 Å². The van der Waals surface area contributed by atoms with E-state index in [0.29, 0.717) is 23.1 Å². The number of anilines is 1.